The number of amides is 2. The van der Waals surface area contributed by atoms with Gasteiger partial charge in [-0.3, -0.25) is 9.59 Å². The number of benzene rings is 2. The predicted molar refractivity (Wildman–Crippen MR) is 96.6 cm³/mol. The molecule has 1 atom stereocenters. The number of hydrogen-bond donors (Lipinski definition) is 1. The van der Waals surface area contributed by atoms with Gasteiger partial charge in [-0.05, 0) is 36.8 Å². The molecular weight excluding hydrogens is 316 g/mol. The fraction of sp³-hybridized carbons (Fsp3) is 0.300. The maximum atomic E-state index is 12.2. The molecule has 0 saturated carbocycles. The Morgan fingerprint density at radius 3 is 2.76 bits per heavy atom. The minimum Gasteiger partial charge on any atom is -0.484 e. The molecule has 1 heterocycles. The fourth-order valence-corrected chi connectivity index (χ4v) is 2.94. The van der Waals surface area contributed by atoms with E-state index in [0.717, 1.165) is 11.3 Å². The topological polar surface area (TPSA) is 58.6 Å². The average molecular weight is 338 g/mol. The number of ether oxygens (including phenoxy) is 1. The molecule has 0 spiro atoms. The highest BCUT2D eigenvalue weighted by Crippen LogP contribution is 2.24. The Labute approximate surface area is 147 Å². The van der Waals surface area contributed by atoms with E-state index in [1.165, 1.54) is 0 Å². The third kappa shape index (κ3) is 4.59. The Morgan fingerprint density at radius 2 is 2.00 bits per heavy atom. The Kier molecular flexibility index (Phi) is 5.33. The van der Waals surface area contributed by atoms with Crippen LogP contribution in [-0.2, 0) is 9.59 Å². The van der Waals surface area contributed by atoms with Crippen LogP contribution in [0.1, 0.15) is 12.0 Å². The first-order chi connectivity index (χ1) is 12.1. The predicted octanol–water partition coefficient (Wildman–Crippen LogP) is 2.54. The van der Waals surface area contributed by atoms with Gasteiger partial charge in [0.1, 0.15) is 5.75 Å². The van der Waals surface area contributed by atoms with Crippen molar-refractivity contribution in [3.63, 3.8) is 0 Å². The monoisotopic (exact) mass is 338 g/mol. The zero-order chi connectivity index (χ0) is 17.6. The first-order valence-electron chi connectivity index (χ1n) is 8.43. The van der Waals surface area contributed by atoms with Gasteiger partial charge in [0.05, 0.1) is 0 Å². The van der Waals surface area contributed by atoms with E-state index in [1.54, 1.807) is 4.90 Å². The molecule has 5 nitrogen and oxygen atoms in total. The number of nitrogens with one attached hydrogen (secondary N) is 1. The molecule has 2 aromatic rings. The van der Waals surface area contributed by atoms with E-state index in [9.17, 15) is 9.59 Å². The summed E-state index contributed by atoms with van der Waals surface area (Å²) in [6, 6.07) is 17.2. The van der Waals surface area contributed by atoms with Crippen LogP contribution >= 0.6 is 0 Å². The van der Waals surface area contributed by atoms with E-state index in [0.29, 0.717) is 25.3 Å². The molecule has 5 heteroatoms. The summed E-state index contributed by atoms with van der Waals surface area (Å²) in [6.07, 6.45) is 0.452. The first kappa shape index (κ1) is 17.0. The lowest BCUT2D eigenvalue weighted by Gasteiger charge is -2.17. The molecule has 3 rings (SSSR count). The van der Waals surface area contributed by atoms with Crippen LogP contribution in [0.5, 0.6) is 5.75 Å². The van der Waals surface area contributed by atoms with Crippen LogP contribution in [0.15, 0.2) is 54.6 Å². The maximum absolute atomic E-state index is 12.2. The SMILES string of the molecule is Cc1cccc(OCC(=O)NCC2CC(=O)N(c3ccccc3)C2)c1. The summed E-state index contributed by atoms with van der Waals surface area (Å²) >= 11 is 0. The number of carbonyl (C=O) groups excluding carboxylic acids is 2. The van der Waals surface area contributed by atoms with E-state index < -0.39 is 0 Å². The standard InChI is InChI=1S/C20H22N2O3/c1-15-6-5-9-18(10-15)25-14-19(23)21-12-16-11-20(24)22(13-16)17-7-3-2-4-8-17/h2-10,16H,11-14H2,1H3,(H,21,23). The normalized spacial score (nSPS) is 16.8. The molecule has 1 saturated heterocycles. The van der Waals surface area contributed by atoms with Gasteiger partial charge in [-0.1, -0.05) is 30.3 Å². The maximum Gasteiger partial charge on any atom is 0.257 e. The number of aryl methyl sites for hydroxylation is 1. The lowest BCUT2D eigenvalue weighted by molar-refractivity contribution is -0.123. The van der Waals surface area contributed by atoms with Crippen LogP contribution in [0.3, 0.4) is 0 Å². The quantitative estimate of drug-likeness (QED) is 0.880. The number of hydrogen-bond acceptors (Lipinski definition) is 3. The van der Waals surface area contributed by atoms with Crippen molar-refractivity contribution in [1.29, 1.82) is 0 Å². The summed E-state index contributed by atoms with van der Waals surface area (Å²) in [6.45, 7) is 3.06. The summed E-state index contributed by atoms with van der Waals surface area (Å²) in [4.78, 5) is 25.9. The van der Waals surface area contributed by atoms with Crippen LogP contribution < -0.4 is 15.0 Å². The Morgan fingerprint density at radius 1 is 1.20 bits per heavy atom. The highest BCUT2D eigenvalue weighted by Gasteiger charge is 2.30. The van der Waals surface area contributed by atoms with Gasteiger partial charge in [-0.25, -0.2) is 0 Å². The number of carbonyl (C=O) groups is 2. The molecule has 2 aromatic carbocycles. The molecule has 1 N–H and O–H groups in total. The van der Waals surface area contributed by atoms with Crippen molar-refractivity contribution < 1.29 is 14.3 Å². The van der Waals surface area contributed by atoms with Crippen molar-refractivity contribution in [3.05, 3.63) is 60.2 Å². The van der Waals surface area contributed by atoms with E-state index in [2.05, 4.69) is 5.32 Å². The zero-order valence-corrected chi connectivity index (χ0v) is 14.3. The minimum absolute atomic E-state index is 0.0213. The fourth-order valence-electron chi connectivity index (χ4n) is 2.94. The van der Waals surface area contributed by atoms with Crippen molar-refractivity contribution in [2.45, 2.75) is 13.3 Å². The van der Waals surface area contributed by atoms with Gasteiger partial charge in [-0.15, -0.1) is 0 Å². The second-order valence-electron chi connectivity index (χ2n) is 6.32. The van der Waals surface area contributed by atoms with Crippen LogP contribution in [-0.4, -0.2) is 31.5 Å². The summed E-state index contributed by atoms with van der Waals surface area (Å²) < 4.78 is 5.49. The molecule has 130 valence electrons. The van der Waals surface area contributed by atoms with Gasteiger partial charge in [0.2, 0.25) is 5.91 Å². The molecule has 2 amide bonds. The van der Waals surface area contributed by atoms with Crippen molar-refractivity contribution in [1.82, 2.24) is 5.32 Å². The Balaban J connectivity index is 1.44. The highest BCUT2D eigenvalue weighted by molar-refractivity contribution is 5.95. The molecule has 0 aromatic heterocycles. The third-order valence-electron chi connectivity index (χ3n) is 4.22. The van der Waals surface area contributed by atoms with Gasteiger partial charge >= 0.3 is 0 Å². The van der Waals surface area contributed by atoms with E-state index in [1.807, 2.05) is 61.5 Å². The van der Waals surface area contributed by atoms with Crippen molar-refractivity contribution >= 4 is 17.5 Å². The summed E-state index contributed by atoms with van der Waals surface area (Å²) in [7, 11) is 0. The zero-order valence-electron chi connectivity index (χ0n) is 14.3. The van der Waals surface area contributed by atoms with Gasteiger partial charge in [0.15, 0.2) is 6.61 Å². The second kappa shape index (κ2) is 7.83. The molecule has 0 bridgehead atoms. The number of nitrogens with zero attached hydrogens (tertiary/aromatic N) is 1. The molecular formula is C20H22N2O3. The molecule has 1 aliphatic heterocycles. The van der Waals surface area contributed by atoms with E-state index in [-0.39, 0.29) is 24.3 Å². The van der Waals surface area contributed by atoms with Crippen molar-refractivity contribution in [2.24, 2.45) is 5.92 Å². The molecule has 0 aliphatic carbocycles. The van der Waals surface area contributed by atoms with E-state index >= 15 is 0 Å². The largest absolute Gasteiger partial charge is 0.484 e. The summed E-state index contributed by atoms with van der Waals surface area (Å²) in [5.41, 5.74) is 1.99. The average Bonchev–Trinajstić information content (AvgIpc) is 3.00. The Hall–Kier alpha value is -2.82. The Bertz CT molecular complexity index is 746. The van der Waals surface area contributed by atoms with Gasteiger partial charge in [0, 0.05) is 31.1 Å². The lowest BCUT2D eigenvalue weighted by Crippen LogP contribution is -2.34. The number of para-hydroxylation sites is 1. The summed E-state index contributed by atoms with van der Waals surface area (Å²) in [5.74, 6) is 0.727. The molecule has 1 unspecified atom stereocenters. The molecule has 0 radical (unpaired) electrons. The first-order valence-corrected chi connectivity index (χ1v) is 8.43. The second-order valence-corrected chi connectivity index (χ2v) is 6.32. The minimum atomic E-state index is -0.174. The third-order valence-corrected chi connectivity index (χ3v) is 4.22. The van der Waals surface area contributed by atoms with Crippen LogP contribution in [0, 0.1) is 12.8 Å². The van der Waals surface area contributed by atoms with Crippen LogP contribution in [0.4, 0.5) is 5.69 Å². The smallest absolute Gasteiger partial charge is 0.257 e. The van der Waals surface area contributed by atoms with Gasteiger partial charge < -0.3 is 15.0 Å². The van der Waals surface area contributed by atoms with Crippen molar-refractivity contribution in [3.8, 4) is 5.75 Å². The summed E-state index contributed by atoms with van der Waals surface area (Å²) in [5, 5.41) is 2.86. The van der Waals surface area contributed by atoms with Crippen molar-refractivity contribution in [2.75, 3.05) is 24.6 Å². The number of rotatable bonds is 6. The lowest BCUT2D eigenvalue weighted by atomic mass is 10.1. The molecule has 1 aliphatic rings. The number of anilines is 1. The van der Waals surface area contributed by atoms with Crippen LogP contribution in [0.2, 0.25) is 0 Å². The highest BCUT2D eigenvalue weighted by atomic mass is 16.5. The van der Waals surface area contributed by atoms with Gasteiger partial charge in [-0.2, -0.15) is 0 Å². The van der Waals surface area contributed by atoms with Crippen LogP contribution in [0.25, 0.3) is 0 Å². The molecule has 1 fully saturated rings. The van der Waals surface area contributed by atoms with Gasteiger partial charge in [0.25, 0.3) is 5.91 Å². The van der Waals surface area contributed by atoms with E-state index in [4.69, 9.17) is 4.74 Å². The molecule has 25 heavy (non-hydrogen) atoms.